The minimum absolute atomic E-state index is 0.0520. The lowest BCUT2D eigenvalue weighted by atomic mass is 9.91. The molecule has 0 bridgehead atoms. The van der Waals surface area contributed by atoms with Gasteiger partial charge in [-0.25, -0.2) is 8.78 Å². The normalized spacial score (nSPS) is 13.5. The van der Waals surface area contributed by atoms with Crippen LogP contribution < -0.4 is 10.5 Å². The molecule has 1 aromatic rings. The van der Waals surface area contributed by atoms with Crippen LogP contribution in [-0.2, 0) is 5.92 Å². The molecular formula is C14H21F2NO. The molecule has 0 spiro atoms. The largest absolute Gasteiger partial charge is 0.496 e. The average Bonchev–Trinajstić information content (AvgIpc) is 2.27. The number of nitrogens with two attached hydrogens (primary N) is 1. The summed E-state index contributed by atoms with van der Waals surface area (Å²) in [6.45, 7) is 5.20. The van der Waals surface area contributed by atoms with Gasteiger partial charge in [-0.3, -0.25) is 0 Å². The minimum atomic E-state index is -2.91. The zero-order chi connectivity index (χ0) is 13.9. The van der Waals surface area contributed by atoms with Crippen molar-refractivity contribution in [3.05, 3.63) is 28.8 Å². The van der Waals surface area contributed by atoms with Gasteiger partial charge in [0.2, 0.25) is 0 Å². The highest BCUT2D eigenvalue weighted by molar-refractivity contribution is 5.48. The Morgan fingerprint density at radius 2 is 2.00 bits per heavy atom. The summed E-state index contributed by atoms with van der Waals surface area (Å²) in [5.41, 5.74) is 7.10. The van der Waals surface area contributed by atoms with E-state index in [0.717, 1.165) is 24.5 Å². The summed E-state index contributed by atoms with van der Waals surface area (Å²) < 4.78 is 32.4. The number of aryl methyl sites for hydroxylation is 1. The SMILES string of the molecule is COc1c(C(C)CCN)cc(C)cc1C(C)(F)F. The zero-order valence-corrected chi connectivity index (χ0v) is 11.4. The Bertz CT molecular complexity index is 413. The number of hydrogen-bond donors (Lipinski definition) is 1. The molecule has 0 aromatic heterocycles. The number of methoxy groups -OCH3 is 1. The van der Waals surface area contributed by atoms with E-state index in [1.165, 1.54) is 13.2 Å². The van der Waals surface area contributed by atoms with E-state index < -0.39 is 5.92 Å². The van der Waals surface area contributed by atoms with Gasteiger partial charge in [0, 0.05) is 6.92 Å². The molecule has 18 heavy (non-hydrogen) atoms. The zero-order valence-electron chi connectivity index (χ0n) is 11.4. The molecule has 102 valence electrons. The van der Waals surface area contributed by atoms with Gasteiger partial charge in [0.15, 0.2) is 0 Å². The van der Waals surface area contributed by atoms with Gasteiger partial charge in [-0.15, -0.1) is 0 Å². The number of alkyl halides is 2. The van der Waals surface area contributed by atoms with E-state index in [1.807, 2.05) is 19.9 Å². The molecule has 0 amide bonds. The molecule has 0 heterocycles. The Morgan fingerprint density at radius 3 is 2.44 bits per heavy atom. The van der Waals surface area contributed by atoms with Crippen molar-refractivity contribution in [2.75, 3.05) is 13.7 Å². The Kier molecular flexibility index (Phi) is 4.68. The Hall–Kier alpha value is -1.16. The predicted octanol–water partition coefficient (Wildman–Crippen LogP) is 3.57. The maximum Gasteiger partial charge on any atom is 0.274 e. The molecule has 0 saturated heterocycles. The second-order valence-corrected chi connectivity index (χ2v) is 4.80. The van der Waals surface area contributed by atoms with Crippen LogP contribution in [0.25, 0.3) is 0 Å². The second kappa shape index (κ2) is 5.65. The Labute approximate surface area is 107 Å². The molecular weight excluding hydrogens is 236 g/mol. The summed E-state index contributed by atoms with van der Waals surface area (Å²) >= 11 is 0. The third-order valence-electron chi connectivity index (χ3n) is 3.07. The van der Waals surface area contributed by atoms with Crippen molar-refractivity contribution in [1.29, 1.82) is 0 Å². The Balaban J connectivity index is 3.38. The van der Waals surface area contributed by atoms with Crippen molar-refractivity contribution >= 4 is 0 Å². The monoisotopic (exact) mass is 257 g/mol. The molecule has 1 rings (SSSR count). The van der Waals surface area contributed by atoms with Gasteiger partial charge in [-0.1, -0.05) is 18.6 Å². The van der Waals surface area contributed by atoms with Gasteiger partial charge in [-0.05, 0) is 37.4 Å². The fourth-order valence-electron chi connectivity index (χ4n) is 2.13. The maximum absolute atomic E-state index is 13.6. The molecule has 0 fully saturated rings. The summed E-state index contributed by atoms with van der Waals surface area (Å²) in [6.07, 6.45) is 0.745. The van der Waals surface area contributed by atoms with Gasteiger partial charge < -0.3 is 10.5 Å². The number of ether oxygens (including phenoxy) is 1. The molecule has 0 aliphatic rings. The molecule has 1 unspecified atom stereocenters. The van der Waals surface area contributed by atoms with Crippen LogP contribution in [0.2, 0.25) is 0 Å². The van der Waals surface area contributed by atoms with Crippen molar-refractivity contribution in [2.24, 2.45) is 5.73 Å². The molecule has 2 N–H and O–H groups in total. The lowest BCUT2D eigenvalue weighted by Gasteiger charge is -2.22. The molecule has 1 atom stereocenters. The highest BCUT2D eigenvalue weighted by Crippen LogP contribution is 2.40. The van der Waals surface area contributed by atoms with E-state index in [1.54, 1.807) is 0 Å². The van der Waals surface area contributed by atoms with Gasteiger partial charge >= 0.3 is 0 Å². The standard InChI is InChI=1S/C14H21F2NO/c1-9-7-11(10(2)5-6-17)13(18-4)12(8-9)14(3,15)16/h7-8,10H,5-6,17H2,1-4H3. The first-order valence-electron chi connectivity index (χ1n) is 6.08. The van der Waals surface area contributed by atoms with Crippen LogP contribution in [0.3, 0.4) is 0 Å². The fourth-order valence-corrected chi connectivity index (χ4v) is 2.13. The highest BCUT2D eigenvalue weighted by Gasteiger charge is 2.31. The quantitative estimate of drug-likeness (QED) is 0.875. The summed E-state index contributed by atoms with van der Waals surface area (Å²) in [7, 11) is 1.43. The first-order valence-corrected chi connectivity index (χ1v) is 6.08. The minimum Gasteiger partial charge on any atom is -0.496 e. The van der Waals surface area contributed by atoms with E-state index in [9.17, 15) is 8.78 Å². The number of rotatable bonds is 5. The lowest BCUT2D eigenvalue weighted by molar-refractivity contribution is 0.0148. The maximum atomic E-state index is 13.6. The van der Waals surface area contributed by atoms with Crippen molar-refractivity contribution in [2.45, 2.75) is 39.0 Å². The molecule has 0 aliphatic carbocycles. The van der Waals surface area contributed by atoms with Crippen LogP contribution in [0.5, 0.6) is 5.75 Å². The average molecular weight is 257 g/mol. The number of benzene rings is 1. The van der Waals surface area contributed by atoms with Gasteiger partial charge in [0.25, 0.3) is 5.92 Å². The van der Waals surface area contributed by atoms with E-state index in [-0.39, 0.29) is 17.2 Å². The lowest BCUT2D eigenvalue weighted by Crippen LogP contribution is -2.13. The smallest absolute Gasteiger partial charge is 0.274 e. The number of hydrogen-bond acceptors (Lipinski definition) is 2. The van der Waals surface area contributed by atoms with Crippen LogP contribution in [0, 0.1) is 6.92 Å². The topological polar surface area (TPSA) is 35.2 Å². The van der Waals surface area contributed by atoms with Gasteiger partial charge in [-0.2, -0.15) is 0 Å². The highest BCUT2D eigenvalue weighted by atomic mass is 19.3. The van der Waals surface area contributed by atoms with E-state index in [4.69, 9.17) is 10.5 Å². The third kappa shape index (κ3) is 3.19. The van der Waals surface area contributed by atoms with Crippen LogP contribution in [0.15, 0.2) is 12.1 Å². The molecule has 0 radical (unpaired) electrons. The Morgan fingerprint density at radius 1 is 1.39 bits per heavy atom. The number of halogens is 2. The van der Waals surface area contributed by atoms with Crippen LogP contribution in [0.4, 0.5) is 8.78 Å². The molecule has 1 aromatic carbocycles. The summed E-state index contributed by atoms with van der Waals surface area (Å²) in [5, 5.41) is 0. The molecule has 2 nitrogen and oxygen atoms in total. The van der Waals surface area contributed by atoms with Crippen LogP contribution in [0.1, 0.15) is 42.9 Å². The molecule has 4 heteroatoms. The van der Waals surface area contributed by atoms with Crippen molar-refractivity contribution in [3.8, 4) is 5.75 Å². The summed E-state index contributed by atoms with van der Waals surface area (Å²) in [4.78, 5) is 0. The predicted molar refractivity (Wildman–Crippen MR) is 69.4 cm³/mol. The first kappa shape index (κ1) is 14.9. The third-order valence-corrected chi connectivity index (χ3v) is 3.07. The van der Waals surface area contributed by atoms with Gasteiger partial charge in [0.1, 0.15) is 5.75 Å². The van der Waals surface area contributed by atoms with Crippen LogP contribution in [-0.4, -0.2) is 13.7 Å². The fraction of sp³-hybridized carbons (Fsp3) is 0.571. The van der Waals surface area contributed by atoms with Crippen molar-refractivity contribution in [1.82, 2.24) is 0 Å². The summed E-state index contributed by atoms with van der Waals surface area (Å²) in [6, 6.07) is 3.38. The molecule has 0 aliphatic heterocycles. The second-order valence-electron chi connectivity index (χ2n) is 4.80. The van der Waals surface area contributed by atoms with Crippen molar-refractivity contribution < 1.29 is 13.5 Å². The molecule has 0 saturated carbocycles. The first-order chi connectivity index (χ1) is 8.31. The van der Waals surface area contributed by atoms with Gasteiger partial charge in [0.05, 0.1) is 12.7 Å². The van der Waals surface area contributed by atoms with E-state index in [2.05, 4.69) is 0 Å². The van der Waals surface area contributed by atoms with E-state index in [0.29, 0.717) is 6.54 Å². The van der Waals surface area contributed by atoms with Crippen LogP contribution >= 0.6 is 0 Å². The van der Waals surface area contributed by atoms with Crippen molar-refractivity contribution in [3.63, 3.8) is 0 Å². The van der Waals surface area contributed by atoms with E-state index >= 15 is 0 Å². The summed E-state index contributed by atoms with van der Waals surface area (Å²) in [5.74, 6) is -2.52.